The molecule has 2 atom stereocenters. The summed E-state index contributed by atoms with van der Waals surface area (Å²) in [5, 5.41) is 6.83. The maximum absolute atomic E-state index is 12.5. The van der Waals surface area contributed by atoms with Gasteiger partial charge in [0.15, 0.2) is 0 Å². The molecular weight excluding hydrogens is 365 g/mol. The third kappa shape index (κ3) is 3.70. The fourth-order valence-electron chi connectivity index (χ4n) is 2.83. The third-order valence-corrected chi connectivity index (χ3v) is 4.51. The number of anilines is 1. The van der Waals surface area contributed by atoms with Gasteiger partial charge in [-0.25, -0.2) is 4.79 Å². The first-order chi connectivity index (χ1) is 12.0. The Kier molecular flexibility index (Phi) is 5.11. The summed E-state index contributed by atoms with van der Waals surface area (Å²) in [4.78, 5) is 28.4. The molecule has 2 unspecified atom stereocenters. The molecule has 2 N–H and O–H groups in total. The number of hydrogen-bond acceptors (Lipinski definition) is 5. The van der Waals surface area contributed by atoms with Crippen LogP contribution in [0.5, 0.6) is 0 Å². The second-order valence-electron chi connectivity index (χ2n) is 5.57. The van der Waals surface area contributed by atoms with Crippen LogP contribution in [0.4, 0.5) is 5.69 Å². The van der Waals surface area contributed by atoms with Crippen LogP contribution < -0.4 is 10.6 Å². The van der Waals surface area contributed by atoms with Gasteiger partial charge in [-0.15, -0.1) is 0 Å². The summed E-state index contributed by atoms with van der Waals surface area (Å²) in [7, 11) is 1.31. The molecule has 1 aliphatic rings. The number of amides is 1. The van der Waals surface area contributed by atoms with E-state index in [-0.39, 0.29) is 5.91 Å². The minimum atomic E-state index is -0.616. The number of nitrogens with one attached hydrogen (secondary N) is 2. The van der Waals surface area contributed by atoms with E-state index < -0.39 is 18.1 Å². The Bertz CT molecular complexity index is 814. The van der Waals surface area contributed by atoms with E-state index in [0.29, 0.717) is 33.3 Å². The molecule has 0 fully saturated rings. The molecule has 1 aliphatic heterocycles. The van der Waals surface area contributed by atoms with Crippen molar-refractivity contribution in [3.63, 3.8) is 0 Å². The Hall–Kier alpha value is -2.31. The molecule has 6 nitrogen and oxygen atoms in total. The molecule has 2 aromatic rings. The predicted molar refractivity (Wildman–Crippen MR) is 94.9 cm³/mol. The van der Waals surface area contributed by atoms with E-state index in [1.807, 2.05) is 0 Å². The van der Waals surface area contributed by atoms with Crippen LogP contribution in [0.3, 0.4) is 0 Å². The summed E-state index contributed by atoms with van der Waals surface area (Å²) in [6, 6.07) is 5.41. The zero-order valence-corrected chi connectivity index (χ0v) is 14.8. The maximum atomic E-state index is 12.5. The van der Waals surface area contributed by atoms with Crippen LogP contribution >= 0.6 is 23.2 Å². The number of rotatable bonds is 3. The van der Waals surface area contributed by atoms with Gasteiger partial charge in [-0.1, -0.05) is 23.2 Å². The molecule has 0 aliphatic carbocycles. The molecule has 25 heavy (non-hydrogen) atoms. The molecular formula is C17H15Cl2N3O3. The van der Waals surface area contributed by atoms with Crippen molar-refractivity contribution in [1.82, 2.24) is 10.3 Å². The predicted octanol–water partition coefficient (Wildman–Crippen LogP) is 3.22. The Labute approximate surface area is 154 Å². The lowest BCUT2D eigenvalue weighted by atomic mass is 9.92. The Morgan fingerprint density at radius 1 is 1.28 bits per heavy atom. The first-order valence-corrected chi connectivity index (χ1v) is 8.29. The molecule has 1 aromatic heterocycles. The first kappa shape index (κ1) is 17.5. The number of aromatic nitrogens is 1. The summed E-state index contributed by atoms with van der Waals surface area (Å²) in [6.45, 7) is 0. The third-order valence-electron chi connectivity index (χ3n) is 3.98. The standard InChI is InChI=1S/C17H15Cl2N3O3/c1-25-17(24)14-8-13(22-16(23)9-2-4-20-5-3-9)15-11(19)6-10(18)7-12(15)21-14/h2-7,13-14,21H,8H2,1H3,(H,22,23). The van der Waals surface area contributed by atoms with E-state index in [4.69, 9.17) is 27.9 Å². The number of pyridine rings is 1. The van der Waals surface area contributed by atoms with Gasteiger partial charge in [0.2, 0.25) is 0 Å². The zero-order chi connectivity index (χ0) is 18.0. The maximum Gasteiger partial charge on any atom is 0.328 e. The molecule has 0 radical (unpaired) electrons. The zero-order valence-electron chi connectivity index (χ0n) is 13.3. The highest BCUT2D eigenvalue weighted by atomic mass is 35.5. The smallest absolute Gasteiger partial charge is 0.328 e. The average Bonchev–Trinajstić information content (AvgIpc) is 2.60. The highest BCUT2D eigenvalue weighted by molar-refractivity contribution is 6.35. The number of carbonyl (C=O) groups excluding carboxylic acids is 2. The minimum Gasteiger partial charge on any atom is -0.467 e. The van der Waals surface area contributed by atoms with Gasteiger partial charge >= 0.3 is 5.97 Å². The van der Waals surface area contributed by atoms with E-state index in [1.54, 1.807) is 24.3 Å². The van der Waals surface area contributed by atoms with Crippen molar-refractivity contribution in [2.75, 3.05) is 12.4 Å². The van der Waals surface area contributed by atoms with Crippen LogP contribution in [0.25, 0.3) is 0 Å². The van der Waals surface area contributed by atoms with E-state index in [1.165, 1.54) is 19.5 Å². The number of carbonyl (C=O) groups is 2. The molecule has 0 bridgehead atoms. The largest absolute Gasteiger partial charge is 0.467 e. The second kappa shape index (κ2) is 7.29. The summed E-state index contributed by atoms with van der Waals surface area (Å²) in [5.74, 6) is -0.709. The van der Waals surface area contributed by atoms with Crippen molar-refractivity contribution in [2.24, 2.45) is 0 Å². The van der Waals surface area contributed by atoms with Crippen LogP contribution in [0, 0.1) is 0 Å². The molecule has 2 heterocycles. The van der Waals surface area contributed by atoms with Gasteiger partial charge in [-0.05, 0) is 24.3 Å². The van der Waals surface area contributed by atoms with Gasteiger partial charge in [0.05, 0.1) is 13.2 Å². The fraction of sp³-hybridized carbons (Fsp3) is 0.235. The van der Waals surface area contributed by atoms with Gasteiger partial charge in [0.1, 0.15) is 6.04 Å². The monoisotopic (exact) mass is 379 g/mol. The summed E-state index contributed by atoms with van der Waals surface area (Å²) >= 11 is 12.4. The molecule has 0 saturated carbocycles. The van der Waals surface area contributed by atoms with Gasteiger partial charge in [0.25, 0.3) is 5.91 Å². The quantitative estimate of drug-likeness (QED) is 0.800. The van der Waals surface area contributed by atoms with Gasteiger partial charge in [-0.2, -0.15) is 0 Å². The Morgan fingerprint density at radius 3 is 2.68 bits per heavy atom. The molecule has 0 spiro atoms. The topological polar surface area (TPSA) is 80.3 Å². The van der Waals surface area contributed by atoms with Crippen molar-refractivity contribution in [1.29, 1.82) is 0 Å². The second-order valence-corrected chi connectivity index (χ2v) is 6.41. The molecule has 0 saturated heterocycles. The molecule has 1 aromatic carbocycles. The van der Waals surface area contributed by atoms with Crippen molar-refractivity contribution >= 4 is 40.8 Å². The Morgan fingerprint density at radius 2 is 2.00 bits per heavy atom. The van der Waals surface area contributed by atoms with Crippen molar-refractivity contribution in [3.05, 3.63) is 57.8 Å². The molecule has 1 amide bonds. The van der Waals surface area contributed by atoms with Crippen molar-refractivity contribution in [3.8, 4) is 0 Å². The van der Waals surface area contributed by atoms with Crippen LogP contribution in [0.2, 0.25) is 10.0 Å². The van der Waals surface area contributed by atoms with Gasteiger partial charge in [-0.3, -0.25) is 9.78 Å². The number of esters is 1. The lowest BCUT2D eigenvalue weighted by molar-refractivity contribution is -0.141. The number of halogens is 2. The number of methoxy groups -OCH3 is 1. The van der Waals surface area contributed by atoms with Crippen LogP contribution in [0.15, 0.2) is 36.7 Å². The van der Waals surface area contributed by atoms with E-state index in [2.05, 4.69) is 15.6 Å². The van der Waals surface area contributed by atoms with Crippen molar-refractivity contribution < 1.29 is 14.3 Å². The first-order valence-electron chi connectivity index (χ1n) is 7.53. The average molecular weight is 380 g/mol. The molecule has 130 valence electrons. The van der Waals surface area contributed by atoms with E-state index >= 15 is 0 Å². The molecule has 8 heteroatoms. The number of ether oxygens (including phenoxy) is 1. The summed E-state index contributed by atoms with van der Waals surface area (Å²) in [6.07, 6.45) is 3.38. The van der Waals surface area contributed by atoms with Crippen LogP contribution in [-0.4, -0.2) is 30.0 Å². The normalized spacial score (nSPS) is 18.7. The highest BCUT2D eigenvalue weighted by Crippen LogP contribution is 2.40. The van der Waals surface area contributed by atoms with Crippen LogP contribution in [0.1, 0.15) is 28.4 Å². The fourth-order valence-corrected chi connectivity index (χ4v) is 3.46. The minimum absolute atomic E-state index is 0.283. The lowest BCUT2D eigenvalue weighted by Gasteiger charge is -2.33. The SMILES string of the molecule is COC(=O)C1CC(NC(=O)c2ccncc2)c2c(Cl)cc(Cl)cc2N1. The van der Waals surface area contributed by atoms with Gasteiger partial charge < -0.3 is 15.4 Å². The summed E-state index contributed by atoms with van der Waals surface area (Å²) < 4.78 is 4.81. The number of nitrogens with zero attached hydrogens (tertiary/aromatic N) is 1. The highest BCUT2D eigenvalue weighted by Gasteiger charge is 2.34. The van der Waals surface area contributed by atoms with Crippen LogP contribution in [-0.2, 0) is 9.53 Å². The van der Waals surface area contributed by atoms with E-state index in [0.717, 1.165) is 0 Å². The number of fused-ring (bicyclic) bond motifs is 1. The lowest BCUT2D eigenvalue weighted by Crippen LogP contribution is -2.41. The summed E-state index contributed by atoms with van der Waals surface area (Å²) in [5.41, 5.74) is 1.75. The Balaban J connectivity index is 1.94. The van der Waals surface area contributed by atoms with E-state index in [9.17, 15) is 9.59 Å². The van der Waals surface area contributed by atoms with Gasteiger partial charge in [0, 0.05) is 45.7 Å². The van der Waals surface area contributed by atoms with Crippen molar-refractivity contribution in [2.45, 2.75) is 18.5 Å². The number of benzene rings is 1. The molecule has 3 rings (SSSR count). The number of hydrogen-bond donors (Lipinski definition) is 2.